The summed E-state index contributed by atoms with van der Waals surface area (Å²) in [6, 6.07) is 0. The molecule has 80 valence electrons. The number of halogens is 1. The van der Waals surface area contributed by atoms with Crippen molar-refractivity contribution in [1.29, 1.82) is 0 Å². The van der Waals surface area contributed by atoms with Crippen molar-refractivity contribution in [2.24, 2.45) is 11.3 Å². The fourth-order valence-corrected chi connectivity index (χ4v) is 3.18. The monoisotopic (exact) mass is 198 g/mol. The lowest BCUT2D eigenvalue weighted by molar-refractivity contribution is -0.142. The maximum Gasteiger partial charge on any atom is 0.170 e. The van der Waals surface area contributed by atoms with Crippen LogP contribution < -0.4 is 0 Å². The van der Waals surface area contributed by atoms with E-state index < -0.39 is 5.67 Å². The summed E-state index contributed by atoms with van der Waals surface area (Å²) >= 11 is 0. The van der Waals surface area contributed by atoms with Crippen molar-refractivity contribution in [1.82, 2.24) is 0 Å². The summed E-state index contributed by atoms with van der Waals surface area (Å²) in [5.41, 5.74) is -1.43. The van der Waals surface area contributed by atoms with Crippen LogP contribution in [0.3, 0.4) is 0 Å². The number of fused-ring (bicyclic) bond motifs is 1. The molecule has 0 spiro atoms. The molecule has 14 heavy (non-hydrogen) atoms. The SMILES string of the molecule is C[C@]12CCCC[C@@H]1C[C@@](C)(F)C(=O)C2. The van der Waals surface area contributed by atoms with E-state index >= 15 is 0 Å². The van der Waals surface area contributed by atoms with Gasteiger partial charge in [0, 0.05) is 6.42 Å². The summed E-state index contributed by atoms with van der Waals surface area (Å²) < 4.78 is 13.9. The maximum atomic E-state index is 13.9. The van der Waals surface area contributed by atoms with Gasteiger partial charge in [-0.05, 0) is 37.5 Å². The standard InChI is InChI=1S/C12H19FO/c1-11-6-4-3-5-9(11)7-12(2,13)10(14)8-11/h9H,3-8H2,1-2H3/t9-,11-,12-/m1/s1. The Balaban J connectivity index is 2.21. The van der Waals surface area contributed by atoms with E-state index in [0.29, 0.717) is 18.8 Å². The third kappa shape index (κ3) is 1.49. The highest BCUT2D eigenvalue weighted by molar-refractivity contribution is 5.88. The summed E-state index contributed by atoms with van der Waals surface area (Å²) in [7, 11) is 0. The molecule has 0 N–H and O–H groups in total. The number of hydrogen-bond acceptors (Lipinski definition) is 1. The molecule has 2 fully saturated rings. The van der Waals surface area contributed by atoms with Gasteiger partial charge in [0.05, 0.1) is 0 Å². The lowest BCUT2D eigenvalue weighted by Crippen LogP contribution is -2.48. The summed E-state index contributed by atoms with van der Waals surface area (Å²) in [5, 5.41) is 0. The van der Waals surface area contributed by atoms with Crippen LogP contribution in [0.15, 0.2) is 0 Å². The quantitative estimate of drug-likeness (QED) is 0.584. The van der Waals surface area contributed by atoms with Crippen molar-refractivity contribution in [3.63, 3.8) is 0 Å². The van der Waals surface area contributed by atoms with E-state index in [1.165, 1.54) is 19.8 Å². The molecule has 1 nitrogen and oxygen atoms in total. The van der Waals surface area contributed by atoms with Gasteiger partial charge in [0.2, 0.25) is 0 Å². The molecule has 2 heteroatoms. The molecule has 0 aromatic heterocycles. The lowest BCUT2D eigenvalue weighted by atomic mass is 9.57. The summed E-state index contributed by atoms with van der Waals surface area (Å²) in [6.45, 7) is 3.63. The molecule has 0 aromatic rings. The van der Waals surface area contributed by atoms with Crippen LogP contribution in [0, 0.1) is 11.3 Å². The molecule has 2 aliphatic rings. The molecule has 2 aliphatic carbocycles. The van der Waals surface area contributed by atoms with Crippen molar-refractivity contribution >= 4 is 5.78 Å². The van der Waals surface area contributed by atoms with Gasteiger partial charge in [-0.3, -0.25) is 4.79 Å². The zero-order chi connectivity index (χ0) is 10.4. The molecule has 0 unspecified atom stereocenters. The van der Waals surface area contributed by atoms with Gasteiger partial charge in [-0.2, -0.15) is 0 Å². The second-order valence-corrected chi connectivity index (χ2v) is 5.60. The van der Waals surface area contributed by atoms with Gasteiger partial charge < -0.3 is 0 Å². The van der Waals surface area contributed by atoms with Gasteiger partial charge in [0.15, 0.2) is 11.5 Å². The zero-order valence-corrected chi connectivity index (χ0v) is 9.11. The van der Waals surface area contributed by atoms with Crippen LogP contribution in [0.2, 0.25) is 0 Å². The summed E-state index contributed by atoms with van der Waals surface area (Å²) in [5.74, 6) is 0.266. The molecule has 0 amide bonds. The summed E-state index contributed by atoms with van der Waals surface area (Å²) in [6.07, 6.45) is 5.57. The smallest absolute Gasteiger partial charge is 0.170 e. The van der Waals surface area contributed by atoms with Crippen LogP contribution in [0.25, 0.3) is 0 Å². The first-order chi connectivity index (χ1) is 6.44. The number of hydrogen-bond donors (Lipinski definition) is 0. The average molecular weight is 198 g/mol. The Morgan fingerprint density at radius 2 is 2.07 bits per heavy atom. The zero-order valence-electron chi connectivity index (χ0n) is 9.11. The van der Waals surface area contributed by atoms with E-state index in [2.05, 4.69) is 6.92 Å². The van der Waals surface area contributed by atoms with Crippen molar-refractivity contribution < 1.29 is 9.18 Å². The highest BCUT2D eigenvalue weighted by Crippen LogP contribution is 2.52. The summed E-state index contributed by atoms with van der Waals surface area (Å²) in [4.78, 5) is 11.6. The molecule has 0 aromatic carbocycles. The molecular formula is C12H19FO. The largest absolute Gasteiger partial charge is 0.296 e. The van der Waals surface area contributed by atoms with Gasteiger partial charge >= 0.3 is 0 Å². The van der Waals surface area contributed by atoms with Crippen molar-refractivity contribution in [2.45, 2.75) is 58.0 Å². The minimum Gasteiger partial charge on any atom is -0.296 e. The number of carbonyl (C=O) groups excluding carboxylic acids is 1. The van der Waals surface area contributed by atoms with Gasteiger partial charge in [-0.15, -0.1) is 0 Å². The number of rotatable bonds is 0. The Labute approximate surface area is 85.1 Å². The number of ketones is 1. The normalized spacial score (nSPS) is 48.8. The predicted octanol–water partition coefficient (Wildman–Crippen LogP) is 3.27. The number of alkyl halides is 1. The van der Waals surface area contributed by atoms with Crippen molar-refractivity contribution in [3.8, 4) is 0 Å². The third-order valence-corrected chi connectivity index (χ3v) is 4.31. The molecule has 0 bridgehead atoms. The Kier molecular flexibility index (Phi) is 2.20. The first-order valence-corrected chi connectivity index (χ1v) is 5.66. The Morgan fingerprint density at radius 1 is 1.36 bits per heavy atom. The van der Waals surface area contributed by atoms with E-state index in [9.17, 15) is 9.18 Å². The van der Waals surface area contributed by atoms with Crippen LogP contribution in [-0.2, 0) is 4.79 Å². The predicted molar refractivity (Wildman–Crippen MR) is 53.8 cm³/mol. The molecule has 3 atom stereocenters. The first-order valence-electron chi connectivity index (χ1n) is 5.66. The minimum absolute atomic E-state index is 0.112. The van der Waals surface area contributed by atoms with Crippen molar-refractivity contribution in [3.05, 3.63) is 0 Å². The van der Waals surface area contributed by atoms with E-state index in [-0.39, 0.29) is 11.2 Å². The molecule has 0 heterocycles. The maximum absolute atomic E-state index is 13.9. The fourth-order valence-electron chi connectivity index (χ4n) is 3.18. The minimum atomic E-state index is -1.54. The molecule has 0 radical (unpaired) electrons. The van der Waals surface area contributed by atoms with Crippen LogP contribution in [0.4, 0.5) is 4.39 Å². The van der Waals surface area contributed by atoms with E-state index in [1.807, 2.05) is 0 Å². The van der Waals surface area contributed by atoms with Gasteiger partial charge in [0.25, 0.3) is 0 Å². The van der Waals surface area contributed by atoms with Gasteiger partial charge in [0.1, 0.15) is 0 Å². The van der Waals surface area contributed by atoms with E-state index in [1.54, 1.807) is 0 Å². The highest BCUT2D eigenvalue weighted by Gasteiger charge is 2.50. The van der Waals surface area contributed by atoms with Gasteiger partial charge in [-0.1, -0.05) is 19.8 Å². The molecule has 0 saturated heterocycles. The highest BCUT2D eigenvalue weighted by atomic mass is 19.1. The third-order valence-electron chi connectivity index (χ3n) is 4.31. The number of carbonyl (C=O) groups is 1. The van der Waals surface area contributed by atoms with Crippen molar-refractivity contribution in [2.75, 3.05) is 0 Å². The topological polar surface area (TPSA) is 17.1 Å². The van der Waals surface area contributed by atoms with Crippen LogP contribution in [0.5, 0.6) is 0 Å². The fraction of sp³-hybridized carbons (Fsp3) is 0.917. The molecule has 2 rings (SSSR count). The van der Waals surface area contributed by atoms with Crippen LogP contribution in [0.1, 0.15) is 52.4 Å². The number of Topliss-reactive ketones (excluding diaryl/α,β-unsaturated/α-hetero) is 1. The Morgan fingerprint density at radius 3 is 2.79 bits per heavy atom. The molecular weight excluding hydrogens is 179 g/mol. The van der Waals surface area contributed by atoms with E-state index in [4.69, 9.17) is 0 Å². The molecule has 2 saturated carbocycles. The molecule has 0 aliphatic heterocycles. The first kappa shape index (κ1) is 10.1. The van der Waals surface area contributed by atoms with Crippen LogP contribution in [-0.4, -0.2) is 11.5 Å². The average Bonchev–Trinajstić information content (AvgIpc) is 2.07. The second kappa shape index (κ2) is 3.04. The van der Waals surface area contributed by atoms with Gasteiger partial charge in [-0.25, -0.2) is 4.39 Å². The lowest BCUT2D eigenvalue weighted by Gasteiger charge is -2.47. The second-order valence-electron chi connectivity index (χ2n) is 5.60. The van der Waals surface area contributed by atoms with Crippen LogP contribution >= 0.6 is 0 Å². The Hall–Kier alpha value is -0.400. The van der Waals surface area contributed by atoms with E-state index in [0.717, 1.165) is 12.8 Å². The Bertz CT molecular complexity index is 259.